The molecule has 2 heterocycles. The fourth-order valence-electron chi connectivity index (χ4n) is 2.63. The van der Waals surface area contributed by atoms with Crippen LogP contribution >= 0.6 is 23.2 Å². The van der Waals surface area contributed by atoms with E-state index < -0.39 is 5.97 Å². The van der Waals surface area contributed by atoms with E-state index in [2.05, 4.69) is 4.98 Å². The number of hydrogen-bond acceptors (Lipinski definition) is 5. The van der Waals surface area contributed by atoms with Crippen molar-refractivity contribution in [2.75, 3.05) is 0 Å². The third kappa shape index (κ3) is 3.63. The monoisotopic (exact) mass is 411 g/mol. The van der Waals surface area contributed by atoms with E-state index >= 15 is 0 Å². The number of ether oxygens (including phenoxy) is 2. The Morgan fingerprint density at radius 1 is 1.07 bits per heavy atom. The van der Waals surface area contributed by atoms with Crippen molar-refractivity contribution in [3.05, 3.63) is 93.4 Å². The number of benzene rings is 2. The lowest BCUT2D eigenvalue weighted by Gasteiger charge is -2.05. The van der Waals surface area contributed by atoms with Crippen molar-refractivity contribution < 1.29 is 19.1 Å². The molecule has 1 aromatic heterocycles. The highest BCUT2D eigenvalue weighted by atomic mass is 35.5. The molecule has 0 fully saturated rings. The number of allylic oxidation sites excluding steroid dienone is 1. The molecule has 0 bridgehead atoms. The lowest BCUT2D eigenvalue weighted by molar-refractivity contribution is 0.0734. The molecule has 3 aromatic rings. The summed E-state index contributed by atoms with van der Waals surface area (Å²) >= 11 is 11.9. The summed E-state index contributed by atoms with van der Waals surface area (Å²) in [6.45, 7) is 0. The van der Waals surface area contributed by atoms with Crippen LogP contribution in [0, 0.1) is 0 Å². The summed E-state index contributed by atoms with van der Waals surface area (Å²) in [4.78, 5) is 28.6. The molecule has 0 aliphatic carbocycles. The summed E-state index contributed by atoms with van der Waals surface area (Å²) in [7, 11) is 0. The van der Waals surface area contributed by atoms with Gasteiger partial charge in [0.15, 0.2) is 5.76 Å². The van der Waals surface area contributed by atoms with Gasteiger partial charge in [-0.25, -0.2) is 4.79 Å². The molecule has 0 saturated heterocycles. The van der Waals surface area contributed by atoms with Gasteiger partial charge in [-0.05, 0) is 48.0 Å². The Bertz CT molecular complexity index is 1130. The molecule has 2 aromatic carbocycles. The molecule has 28 heavy (non-hydrogen) atoms. The smallest absolute Gasteiger partial charge is 0.345 e. The SMILES string of the molecule is O=C(Oc1ccc2c(c1)O/C(=C\c1ccc(Cl)c(Cl)c1)C2=O)c1cccnc1. The first-order valence-corrected chi connectivity index (χ1v) is 8.92. The number of carbonyl (C=O) groups excluding carboxylic acids is 2. The fraction of sp³-hybridized carbons (Fsp3) is 0. The van der Waals surface area contributed by atoms with Crippen LogP contribution in [0.25, 0.3) is 6.08 Å². The molecule has 0 saturated carbocycles. The first-order valence-electron chi connectivity index (χ1n) is 8.17. The highest BCUT2D eigenvalue weighted by Crippen LogP contribution is 2.35. The van der Waals surface area contributed by atoms with Crippen LogP contribution in [0.15, 0.2) is 66.7 Å². The molecule has 138 valence electrons. The predicted octanol–water partition coefficient (Wildman–Crippen LogP) is 5.22. The number of carbonyl (C=O) groups is 2. The van der Waals surface area contributed by atoms with Gasteiger partial charge in [0.1, 0.15) is 11.5 Å². The number of Topliss-reactive ketones (excluding diaryl/α,β-unsaturated/α-hetero) is 1. The van der Waals surface area contributed by atoms with Crippen LogP contribution in [0.3, 0.4) is 0 Å². The lowest BCUT2D eigenvalue weighted by atomic mass is 10.1. The van der Waals surface area contributed by atoms with Crippen LogP contribution in [-0.4, -0.2) is 16.7 Å². The number of nitrogens with zero attached hydrogens (tertiary/aromatic N) is 1. The second-order valence-corrected chi connectivity index (χ2v) is 6.72. The molecular formula is C21H11Cl2NO4. The van der Waals surface area contributed by atoms with Crippen LogP contribution in [0.5, 0.6) is 11.5 Å². The second-order valence-electron chi connectivity index (χ2n) is 5.90. The van der Waals surface area contributed by atoms with Gasteiger partial charge < -0.3 is 9.47 Å². The summed E-state index contributed by atoms with van der Waals surface area (Å²) in [6.07, 6.45) is 4.55. The maximum atomic E-state index is 12.5. The zero-order valence-corrected chi connectivity index (χ0v) is 15.7. The van der Waals surface area contributed by atoms with Crippen molar-refractivity contribution in [1.82, 2.24) is 4.98 Å². The quantitative estimate of drug-likeness (QED) is 0.335. The van der Waals surface area contributed by atoms with Gasteiger partial charge in [-0.15, -0.1) is 0 Å². The Hall–Kier alpha value is -3.15. The number of rotatable bonds is 3. The van der Waals surface area contributed by atoms with Gasteiger partial charge in [-0.3, -0.25) is 9.78 Å². The van der Waals surface area contributed by atoms with E-state index in [0.717, 1.165) is 0 Å². The topological polar surface area (TPSA) is 65.5 Å². The van der Waals surface area contributed by atoms with E-state index in [9.17, 15) is 9.59 Å². The summed E-state index contributed by atoms with van der Waals surface area (Å²) < 4.78 is 11.0. The average Bonchev–Trinajstić information content (AvgIpc) is 3.00. The number of hydrogen-bond donors (Lipinski definition) is 0. The van der Waals surface area contributed by atoms with E-state index in [4.69, 9.17) is 32.7 Å². The van der Waals surface area contributed by atoms with Gasteiger partial charge in [-0.2, -0.15) is 0 Å². The number of halogens is 2. The highest BCUT2D eigenvalue weighted by Gasteiger charge is 2.28. The zero-order valence-electron chi connectivity index (χ0n) is 14.2. The van der Waals surface area contributed by atoms with Crippen molar-refractivity contribution in [2.24, 2.45) is 0 Å². The molecule has 0 radical (unpaired) electrons. The fourth-order valence-corrected chi connectivity index (χ4v) is 2.94. The number of pyridine rings is 1. The molecule has 1 aliphatic heterocycles. The average molecular weight is 412 g/mol. The number of aromatic nitrogens is 1. The van der Waals surface area contributed by atoms with Gasteiger partial charge in [0, 0.05) is 18.5 Å². The van der Waals surface area contributed by atoms with Crippen LogP contribution in [-0.2, 0) is 0 Å². The number of fused-ring (bicyclic) bond motifs is 1. The van der Waals surface area contributed by atoms with E-state index in [1.165, 1.54) is 18.3 Å². The molecule has 0 unspecified atom stereocenters. The van der Waals surface area contributed by atoms with Gasteiger partial charge in [0.05, 0.1) is 21.2 Å². The molecule has 0 N–H and O–H groups in total. The Morgan fingerprint density at radius 2 is 1.93 bits per heavy atom. The molecular weight excluding hydrogens is 401 g/mol. The standard InChI is InChI=1S/C21H11Cl2NO4/c22-16-6-3-12(8-17(16)23)9-19-20(25)15-5-4-14(10-18(15)28-19)27-21(26)13-2-1-7-24-11-13/h1-11H/b19-9-. The van der Waals surface area contributed by atoms with Crippen molar-refractivity contribution in [3.8, 4) is 11.5 Å². The highest BCUT2D eigenvalue weighted by molar-refractivity contribution is 6.42. The first-order chi connectivity index (χ1) is 13.5. The second kappa shape index (κ2) is 7.46. The molecule has 0 atom stereocenters. The van der Waals surface area contributed by atoms with Crippen LogP contribution in [0.1, 0.15) is 26.3 Å². The summed E-state index contributed by atoms with van der Waals surface area (Å²) in [6, 6.07) is 12.8. The Kier molecular flexibility index (Phi) is 4.86. The van der Waals surface area contributed by atoms with Gasteiger partial charge in [0.2, 0.25) is 5.78 Å². The van der Waals surface area contributed by atoms with Crippen LogP contribution in [0.4, 0.5) is 0 Å². The van der Waals surface area contributed by atoms with Crippen molar-refractivity contribution in [1.29, 1.82) is 0 Å². The number of ketones is 1. The normalized spacial score (nSPS) is 13.9. The van der Waals surface area contributed by atoms with Crippen molar-refractivity contribution in [3.63, 3.8) is 0 Å². The van der Waals surface area contributed by atoms with Crippen LogP contribution < -0.4 is 9.47 Å². The Morgan fingerprint density at radius 3 is 2.68 bits per heavy atom. The Balaban J connectivity index is 1.56. The zero-order chi connectivity index (χ0) is 19.7. The molecule has 4 rings (SSSR count). The lowest BCUT2D eigenvalue weighted by Crippen LogP contribution is -2.08. The maximum absolute atomic E-state index is 12.5. The van der Waals surface area contributed by atoms with Crippen LogP contribution in [0.2, 0.25) is 10.0 Å². The van der Waals surface area contributed by atoms with E-state index in [1.54, 1.807) is 48.7 Å². The molecule has 1 aliphatic rings. The third-order valence-electron chi connectivity index (χ3n) is 3.99. The summed E-state index contributed by atoms with van der Waals surface area (Å²) in [5.74, 6) is -0.108. The molecule has 0 amide bonds. The Labute approximate surface area is 170 Å². The minimum absolute atomic E-state index is 0.143. The van der Waals surface area contributed by atoms with Crippen molar-refractivity contribution in [2.45, 2.75) is 0 Å². The van der Waals surface area contributed by atoms with E-state index in [0.29, 0.717) is 32.5 Å². The van der Waals surface area contributed by atoms with Crippen molar-refractivity contribution >= 4 is 41.0 Å². The van der Waals surface area contributed by atoms with Gasteiger partial charge >= 0.3 is 5.97 Å². The maximum Gasteiger partial charge on any atom is 0.345 e. The predicted molar refractivity (Wildman–Crippen MR) is 105 cm³/mol. The number of esters is 1. The minimum atomic E-state index is -0.552. The minimum Gasteiger partial charge on any atom is -0.452 e. The first kappa shape index (κ1) is 18.2. The van der Waals surface area contributed by atoms with Gasteiger partial charge in [0.25, 0.3) is 0 Å². The third-order valence-corrected chi connectivity index (χ3v) is 4.73. The largest absolute Gasteiger partial charge is 0.452 e. The molecule has 7 heteroatoms. The molecule has 0 spiro atoms. The van der Waals surface area contributed by atoms with Gasteiger partial charge in [-0.1, -0.05) is 29.3 Å². The summed E-state index contributed by atoms with van der Waals surface area (Å²) in [5.41, 5.74) is 1.38. The van der Waals surface area contributed by atoms with E-state index in [-0.39, 0.29) is 17.3 Å². The molecule has 5 nitrogen and oxygen atoms in total. The summed E-state index contributed by atoms with van der Waals surface area (Å²) in [5, 5.41) is 0.800. The van der Waals surface area contributed by atoms with E-state index in [1.807, 2.05) is 0 Å².